The lowest BCUT2D eigenvalue weighted by Crippen LogP contribution is -2.38. The zero-order valence-electron chi connectivity index (χ0n) is 17.8. The number of H-pyrrole nitrogens is 1. The first-order valence-corrected chi connectivity index (χ1v) is 10.3. The molecule has 6 nitrogen and oxygen atoms in total. The molecule has 1 saturated heterocycles. The summed E-state index contributed by atoms with van der Waals surface area (Å²) < 4.78 is 0. The fourth-order valence-electron chi connectivity index (χ4n) is 3.58. The summed E-state index contributed by atoms with van der Waals surface area (Å²) in [6.07, 6.45) is 2.69. The minimum absolute atomic E-state index is 0.125. The number of nitrogens with zero attached hydrogens (tertiary/aromatic N) is 3. The van der Waals surface area contributed by atoms with Crippen LogP contribution < -0.4 is 5.32 Å². The van der Waals surface area contributed by atoms with Gasteiger partial charge < -0.3 is 10.2 Å². The van der Waals surface area contributed by atoms with Gasteiger partial charge >= 0.3 is 0 Å². The molecule has 1 amide bonds. The lowest BCUT2D eigenvalue weighted by molar-refractivity contribution is 0.0710. The van der Waals surface area contributed by atoms with E-state index in [0.717, 1.165) is 67.4 Å². The van der Waals surface area contributed by atoms with Crippen molar-refractivity contribution in [2.45, 2.75) is 59.8 Å². The smallest absolute Gasteiger partial charge is 0.254 e. The predicted octanol–water partition coefficient (Wildman–Crippen LogP) is 4.15. The van der Waals surface area contributed by atoms with Gasteiger partial charge in [0.05, 0.1) is 0 Å². The number of hydrogen-bond donors (Lipinski definition) is 2. The number of likely N-dealkylation sites (tertiary alicyclic amines) is 1. The third-order valence-corrected chi connectivity index (χ3v) is 5.40. The Morgan fingerprint density at radius 1 is 1.29 bits per heavy atom. The highest BCUT2D eigenvalue weighted by atomic mass is 16.2. The molecule has 1 fully saturated rings. The van der Waals surface area contributed by atoms with E-state index in [1.54, 1.807) is 0 Å². The molecule has 0 saturated carbocycles. The summed E-state index contributed by atoms with van der Waals surface area (Å²) in [4.78, 5) is 19.7. The third kappa shape index (κ3) is 4.72. The quantitative estimate of drug-likeness (QED) is 0.813. The Hall–Kier alpha value is -2.37. The Morgan fingerprint density at radius 2 is 2.00 bits per heavy atom. The lowest BCUT2D eigenvalue weighted by atomic mass is 9.94. The average molecular weight is 384 g/mol. The number of benzene rings is 1. The van der Waals surface area contributed by atoms with Crippen LogP contribution in [0, 0.1) is 12.3 Å². The first-order valence-electron chi connectivity index (χ1n) is 10.3. The molecule has 152 valence electrons. The van der Waals surface area contributed by atoms with E-state index in [1.165, 1.54) is 0 Å². The van der Waals surface area contributed by atoms with Crippen molar-refractivity contribution in [2.75, 3.05) is 25.0 Å². The molecule has 2 aromatic rings. The van der Waals surface area contributed by atoms with Crippen LogP contribution in [0.15, 0.2) is 18.2 Å². The van der Waals surface area contributed by atoms with Gasteiger partial charge in [-0.05, 0) is 42.9 Å². The molecule has 1 aliphatic heterocycles. The predicted molar refractivity (Wildman–Crippen MR) is 113 cm³/mol. The zero-order chi connectivity index (χ0) is 20.3. The molecule has 3 rings (SSSR count). The first-order chi connectivity index (χ1) is 13.3. The number of aryl methyl sites for hydroxylation is 1. The second kappa shape index (κ2) is 8.33. The van der Waals surface area contributed by atoms with Gasteiger partial charge in [0.15, 0.2) is 5.82 Å². The number of anilines is 1. The van der Waals surface area contributed by atoms with Gasteiger partial charge in [-0.3, -0.25) is 9.89 Å². The Bertz CT molecular complexity index is 813. The van der Waals surface area contributed by atoms with Crippen molar-refractivity contribution in [1.29, 1.82) is 0 Å². The lowest BCUT2D eigenvalue weighted by Gasteiger charge is -2.31. The Balaban J connectivity index is 1.65. The van der Waals surface area contributed by atoms with E-state index < -0.39 is 0 Å². The second-order valence-electron chi connectivity index (χ2n) is 8.95. The van der Waals surface area contributed by atoms with Crippen molar-refractivity contribution in [3.05, 3.63) is 41.0 Å². The maximum Gasteiger partial charge on any atom is 0.254 e. The van der Waals surface area contributed by atoms with Crippen LogP contribution in [0.1, 0.15) is 74.0 Å². The SMILES string of the molecule is CCc1nc(C2CCN(C(=O)c3cccc(NCC(C)(C)C)c3C)CC2)n[nH]1. The van der Waals surface area contributed by atoms with Crippen LogP contribution >= 0.6 is 0 Å². The topological polar surface area (TPSA) is 73.9 Å². The van der Waals surface area contributed by atoms with E-state index in [1.807, 2.05) is 24.0 Å². The molecule has 0 atom stereocenters. The van der Waals surface area contributed by atoms with Crippen molar-refractivity contribution < 1.29 is 4.79 Å². The van der Waals surface area contributed by atoms with E-state index in [4.69, 9.17) is 0 Å². The van der Waals surface area contributed by atoms with Gasteiger partial charge in [0.1, 0.15) is 5.82 Å². The summed E-state index contributed by atoms with van der Waals surface area (Å²) in [6, 6.07) is 5.96. The number of hydrogen-bond acceptors (Lipinski definition) is 4. The highest BCUT2D eigenvalue weighted by Crippen LogP contribution is 2.28. The van der Waals surface area contributed by atoms with Crippen LogP contribution in [0.25, 0.3) is 0 Å². The highest BCUT2D eigenvalue weighted by molar-refractivity contribution is 5.97. The summed E-state index contributed by atoms with van der Waals surface area (Å²) in [5, 5.41) is 10.9. The zero-order valence-corrected chi connectivity index (χ0v) is 17.8. The summed E-state index contributed by atoms with van der Waals surface area (Å²) in [5.74, 6) is 2.29. The van der Waals surface area contributed by atoms with E-state index in [9.17, 15) is 4.79 Å². The van der Waals surface area contributed by atoms with Gasteiger partial charge in [0.25, 0.3) is 5.91 Å². The monoisotopic (exact) mass is 383 g/mol. The van der Waals surface area contributed by atoms with Crippen molar-refractivity contribution >= 4 is 11.6 Å². The molecule has 1 aliphatic rings. The summed E-state index contributed by atoms with van der Waals surface area (Å²) in [6.45, 7) is 13.1. The number of aromatic nitrogens is 3. The van der Waals surface area contributed by atoms with Crippen molar-refractivity contribution in [3.63, 3.8) is 0 Å². The molecule has 2 N–H and O–H groups in total. The Kier molecular flexibility index (Phi) is 6.06. The minimum Gasteiger partial charge on any atom is -0.384 e. The minimum atomic E-state index is 0.125. The standard InChI is InChI=1S/C22H33N5O/c1-6-19-24-20(26-25-19)16-10-12-27(13-11-16)21(28)17-8-7-9-18(15(17)2)23-14-22(3,4)5/h7-9,16,23H,6,10-14H2,1-5H3,(H,24,25,26). The third-order valence-electron chi connectivity index (χ3n) is 5.40. The van der Waals surface area contributed by atoms with Crippen LogP contribution in [0.3, 0.4) is 0 Å². The molecule has 1 aromatic heterocycles. The first kappa shape index (κ1) is 20.4. The molecule has 28 heavy (non-hydrogen) atoms. The largest absolute Gasteiger partial charge is 0.384 e. The fourth-order valence-corrected chi connectivity index (χ4v) is 3.58. The van der Waals surface area contributed by atoms with Gasteiger partial charge in [-0.25, -0.2) is 4.98 Å². The summed E-state index contributed by atoms with van der Waals surface area (Å²) in [7, 11) is 0. The fraction of sp³-hybridized carbons (Fsp3) is 0.591. The van der Waals surface area contributed by atoms with Crippen LogP contribution in [-0.4, -0.2) is 45.6 Å². The van der Waals surface area contributed by atoms with Crippen LogP contribution in [0.2, 0.25) is 0 Å². The maximum absolute atomic E-state index is 13.1. The molecular weight excluding hydrogens is 350 g/mol. The number of nitrogens with one attached hydrogen (secondary N) is 2. The van der Waals surface area contributed by atoms with E-state index >= 15 is 0 Å². The van der Waals surface area contributed by atoms with E-state index in [-0.39, 0.29) is 11.3 Å². The number of rotatable bonds is 5. The molecule has 6 heteroatoms. The molecule has 0 radical (unpaired) electrons. The number of amides is 1. The van der Waals surface area contributed by atoms with Crippen LogP contribution in [0.4, 0.5) is 5.69 Å². The molecule has 0 spiro atoms. The number of carbonyl (C=O) groups excluding carboxylic acids is 1. The molecule has 1 aromatic carbocycles. The molecule has 2 heterocycles. The van der Waals surface area contributed by atoms with Crippen molar-refractivity contribution in [3.8, 4) is 0 Å². The van der Waals surface area contributed by atoms with Gasteiger partial charge in [0, 0.05) is 43.2 Å². The molecular formula is C22H33N5O. The average Bonchev–Trinajstić information content (AvgIpc) is 3.15. The summed E-state index contributed by atoms with van der Waals surface area (Å²) >= 11 is 0. The van der Waals surface area contributed by atoms with Gasteiger partial charge in [0.2, 0.25) is 0 Å². The highest BCUT2D eigenvalue weighted by Gasteiger charge is 2.27. The van der Waals surface area contributed by atoms with Gasteiger partial charge in [-0.1, -0.05) is 33.8 Å². The molecule has 0 unspecified atom stereocenters. The molecule has 0 aliphatic carbocycles. The second-order valence-corrected chi connectivity index (χ2v) is 8.95. The van der Waals surface area contributed by atoms with Crippen molar-refractivity contribution in [2.24, 2.45) is 5.41 Å². The Labute approximate surface area is 168 Å². The number of carbonyl (C=O) groups is 1. The van der Waals surface area contributed by atoms with Crippen LogP contribution in [0.5, 0.6) is 0 Å². The van der Waals surface area contributed by atoms with Crippen LogP contribution in [-0.2, 0) is 6.42 Å². The number of aromatic amines is 1. The number of piperidine rings is 1. The maximum atomic E-state index is 13.1. The van der Waals surface area contributed by atoms with Gasteiger partial charge in [-0.2, -0.15) is 5.10 Å². The van der Waals surface area contributed by atoms with Gasteiger partial charge in [-0.15, -0.1) is 0 Å². The normalized spacial score (nSPS) is 15.7. The van der Waals surface area contributed by atoms with E-state index in [2.05, 4.69) is 54.3 Å². The van der Waals surface area contributed by atoms with Crippen molar-refractivity contribution in [1.82, 2.24) is 20.1 Å². The summed E-state index contributed by atoms with van der Waals surface area (Å²) in [5.41, 5.74) is 3.05. The molecule has 0 bridgehead atoms. The Morgan fingerprint density at radius 3 is 2.61 bits per heavy atom. The van der Waals surface area contributed by atoms with E-state index in [0.29, 0.717) is 5.92 Å².